The van der Waals surface area contributed by atoms with Crippen LogP contribution < -0.4 is 15.4 Å². The average Bonchev–Trinajstić information content (AvgIpc) is 2.71. The molecule has 0 aliphatic carbocycles. The van der Waals surface area contributed by atoms with Gasteiger partial charge in [0, 0.05) is 12.6 Å². The molecular formula is C21H19F2N3O2. The van der Waals surface area contributed by atoms with E-state index < -0.39 is 11.6 Å². The molecule has 2 aromatic carbocycles. The largest absolute Gasteiger partial charge is 0.497 e. The summed E-state index contributed by atoms with van der Waals surface area (Å²) in [5.74, 6) is -0.873. The van der Waals surface area contributed by atoms with Gasteiger partial charge >= 0.3 is 0 Å². The third-order valence-corrected chi connectivity index (χ3v) is 4.06. The van der Waals surface area contributed by atoms with Gasteiger partial charge in [-0.15, -0.1) is 0 Å². The van der Waals surface area contributed by atoms with E-state index in [1.807, 2.05) is 24.3 Å². The van der Waals surface area contributed by atoms with Crippen molar-refractivity contribution in [2.24, 2.45) is 0 Å². The molecule has 0 saturated carbocycles. The number of anilines is 2. The van der Waals surface area contributed by atoms with Gasteiger partial charge in [-0.2, -0.15) is 0 Å². The molecule has 0 atom stereocenters. The van der Waals surface area contributed by atoms with E-state index in [0.717, 1.165) is 23.4 Å². The highest BCUT2D eigenvalue weighted by atomic mass is 19.1. The number of halogens is 2. The normalized spacial score (nSPS) is 10.4. The monoisotopic (exact) mass is 383 g/mol. The molecule has 1 amide bonds. The Morgan fingerprint density at radius 2 is 1.86 bits per heavy atom. The molecule has 0 spiro atoms. The van der Waals surface area contributed by atoms with Crippen molar-refractivity contribution < 1.29 is 18.3 Å². The second-order valence-corrected chi connectivity index (χ2v) is 6.04. The molecule has 5 nitrogen and oxygen atoms in total. The van der Waals surface area contributed by atoms with E-state index in [4.69, 9.17) is 4.74 Å². The number of carbonyl (C=O) groups excluding carboxylic acids is 1. The maximum absolute atomic E-state index is 13.7. The molecule has 1 aromatic heterocycles. The number of hydrogen-bond acceptors (Lipinski definition) is 4. The smallest absolute Gasteiger partial charge is 0.269 e. The van der Waals surface area contributed by atoms with Crippen LogP contribution in [-0.2, 0) is 6.42 Å². The summed E-state index contributed by atoms with van der Waals surface area (Å²) in [5, 5.41) is 5.60. The number of hydrogen-bond donors (Lipinski definition) is 2. The fourth-order valence-corrected chi connectivity index (χ4v) is 2.55. The Bertz CT molecular complexity index is 945. The number of ether oxygens (including phenoxy) is 1. The van der Waals surface area contributed by atoms with Crippen LogP contribution in [0.3, 0.4) is 0 Å². The van der Waals surface area contributed by atoms with E-state index in [-0.39, 0.29) is 17.3 Å². The van der Waals surface area contributed by atoms with Gasteiger partial charge in [-0.25, -0.2) is 13.8 Å². The zero-order chi connectivity index (χ0) is 19.9. The van der Waals surface area contributed by atoms with Gasteiger partial charge in [-0.1, -0.05) is 12.1 Å². The molecule has 0 fully saturated rings. The molecule has 0 aliphatic rings. The number of aromatic nitrogens is 1. The lowest BCUT2D eigenvalue weighted by Crippen LogP contribution is -2.26. The van der Waals surface area contributed by atoms with Crippen LogP contribution in [0.5, 0.6) is 5.75 Å². The molecule has 28 heavy (non-hydrogen) atoms. The highest BCUT2D eigenvalue weighted by Gasteiger charge is 2.08. The van der Waals surface area contributed by atoms with Crippen molar-refractivity contribution in [2.45, 2.75) is 6.42 Å². The van der Waals surface area contributed by atoms with Gasteiger partial charge in [0.15, 0.2) is 0 Å². The van der Waals surface area contributed by atoms with Gasteiger partial charge in [0.1, 0.15) is 23.1 Å². The van der Waals surface area contributed by atoms with Crippen LogP contribution in [-0.4, -0.2) is 24.5 Å². The molecule has 2 N–H and O–H groups in total. The van der Waals surface area contributed by atoms with E-state index in [2.05, 4.69) is 15.6 Å². The van der Waals surface area contributed by atoms with Crippen LogP contribution in [0.4, 0.5) is 20.2 Å². The van der Waals surface area contributed by atoms with Crippen molar-refractivity contribution in [1.29, 1.82) is 0 Å². The van der Waals surface area contributed by atoms with Crippen molar-refractivity contribution in [1.82, 2.24) is 10.3 Å². The number of benzene rings is 2. The van der Waals surface area contributed by atoms with E-state index in [1.165, 1.54) is 18.3 Å². The predicted molar refractivity (Wildman–Crippen MR) is 103 cm³/mol. The molecule has 0 saturated heterocycles. The molecule has 0 unspecified atom stereocenters. The molecule has 0 aliphatic heterocycles. The molecule has 3 rings (SSSR count). The van der Waals surface area contributed by atoms with Crippen LogP contribution >= 0.6 is 0 Å². The standard InChI is InChI=1S/C21H19F2N3O2/c1-28-17-6-2-14(3-7-17)10-11-24-21(27)20-9-5-16(13-25-20)26-19-8-4-15(22)12-18(19)23/h2-9,12-13,26H,10-11H2,1H3,(H,24,27). The topological polar surface area (TPSA) is 63.2 Å². The van der Waals surface area contributed by atoms with Crippen LogP contribution in [0.2, 0.25) is 0 Å². The van der Waals surface area contributed by atoms with Crippen molar-refractivity contribution in [3.8, 4) is 5.75 Å². The Kier molecular flexibility index (Phi) is 6.16. The third-order valence-electron chi connectivity index (χ3n) is 4.06. The first-order valence-corrected chi connectivity index (χ1v) is 8.64. The second-order valence-electron chi connectivity index (χ2n) is 6.04. The van der Waals surface area contributed by atoms with Crippen LogP contribution in [0.15, 0.2) is 60.8 Å². The van der Waals surface area contributed by atoms with Crippen molar-refractivity contribution >= 4 is 17.3 Å². The van der Waals surface area contributed by atoms with Gasteiger partial charge < -0.3 is 15.4 Å². The number of carbonyl (C=O) groups is 1. The molecule has 144 valence electrons. The highest BCUT2D eigenvalue weighted by molar-refractivity contribution is 5.92. The highest BCUT2D eigenvalue weighted by Crippen LogP contribution is 2.20. The maximum atomic E-state index is 13.7. The fourth-order valence-electron chi connectivity index (χ4n) is 2.55. The molecule has 0 radical (unpaired) electrons. The minimum atomic E-state index is -0.708. The van der Waals surface area contributed by atoms with Gasteiger partial charge in [0.25, 0.3) is 5.91 Å². The lowest BCUT2D eigenvalue weighted by atomic mass is 10.1. The van der Waals surface area contributed by atoms with Crippen LogP contribution in [0.25, 0.3) is 0 Å². The fraction of sp³-hybridized carbons (Fsp3) is 0.143. The lowest BCUT2D eigenvalue weighted by molar-refractivity contribution is 0.0949. The van der Waals surface area contributed by atoms with Crippen molar-refractivity contribution in [3.63, 3.8) is 0 Å². The van der Waals surface area contributed by atoms with Crippen LogP contribution in [0.1, 0.15) is 16.1 Å². The minimum absolute atomic E-state index is 0.125. The first kappa shape index (κ1) is 19.3. The Morgan fingerprint density at radius 3 is 2.50 bits per heavy atom. The zero-order valence-corrected chi connectivity index (χ0v) is 15.2. The SMILES string of the molecule is COc1ccc(CCNC(=O)c2ccc(Nc3ccc(F)cc3F)cn2)cc1. The van der Waals surface area contributed by atoms with E-state index >= 15 is 0 Å². The summed E-state index contributed by atoms with van der Waals surface area (Å²) < 4.78 is 31.7. The number of nitrogens with zero attached hydrogens (tertiary/aromatic N) is 1. The number of pyridine rings is 1. The van der Waals surface area contributed by atoms with Gasteiger partial charge in [0.2, 0.25) is 0 Å². The second kappa shape index (κ2) is 8.94. The Hall–Kier alpha value is -3.48. The van der Waals surface area contributed by atoms with Gasteiger partial charge in [-0.05, 0) is 48.4 Å². The Labute approximate surface area is 161 Å². The molecule has 7 heteroatoms. The molecule has 3 aromatic rings. The quantitative estimate of drug-likeness (QED) is 0.645. The molecule has 0 bridgehead atoms. The zero-order valence-electron chi connectivity index (χ0n) is 15.2. The Morgan fingerprint density at radius 1 is 1.07 bits per heavy atom. The summed E-state index contributed by atoms with van der Waals surface area (Å²) in [6.45, 7) is 0.466. The van der Waals surface area contributed by atoms with Gasteiger partial charge in [0.05, 0.1) is 24.7 Å². The summed E-state index contributed by atoms with van der Waals surface area (Å²) >= 11 is 0. The first-order valence-electron chi connectivity index (χ1n) is 8.64. The van der Waals surface area contributed by atoms with Crippen molar-refractivity contribution in [2.75, 3.05) is 19.0 Å². The molecular weight excluding hydrogens is 364 g/mol. The summed E-state index contributed by atoms with van der Waals surface area (Å²) in [5.41, 5.74) is 1.94. The van der Waals surface area contributed by atoms with E-state index in [9.17, 15) is 13.6 Å². The third kappa shape index (κ3) is 5.03. The number of methoxy groups -OCH3 is 1. The molecule has 1 heterocycles. The summed E-state index contributed by atoms with van der Waals surface area (Å²) in [4.78, 5) is 16.3. The summed E-state index contributed by atoms with van der Waals surface area (Å²) in [6, 6.07) is 14.0. The average molecular weight is 383 g/mol. The van der Waals surface area contributed by atoms with Gasteiger partial charge in [-0.3, -0.25) is 4.79 Å². The lowest BCUT2D eigenvalue weighted by Gasteiger charge is -2.09. The number of rotatable bonds is 7. The van der Waals surface area contributed by atoms with Crippen molar-refractivity contribution in [3.05, 3.63) is 83.7 Å². The number of nitrogens with one attached hydrogen (secondary N) is 2. The minimum Gasteiger partial charge on any atom is -0.497 e. The first-order chi connectivity index (χ1) is 13.5. The van der Waals surface area contributed by atoms with E-state index in [0.29, 0.717) is 18.7 Å². The maximum Gasteiger partial charge on any atom is 0.269 e. The Balaban J connectivity index is 1.52. The summed E-state index contributed by atoms with van der Waals surface area (Å²) in [6.07, 6.45) is 2.10. The van der Waals surface area contributed by atoms with Crippen LogP contribution in [0, 0.1) is 11.6 Å². The number of amides is 1. The van der Waals surface area contributed by atoms with E-state index in [1.54, 1.807) is 13.2 Å². The summed E-state index contributed by atoms with van der Waals surface area (Å²) in [7, 11) is 1.61. The predicted octanol–water partition coefficient (Wildman–Crippen LogP) is 4.08.